The van der Waals surface area contributed by atoms with E-state index in [1.54, 1.807) is 12.4 Å². The van der Waals surface area contributed by atoms with Crippen LogP contribution in [-0.2, 0) is 4.74 Å². The van der Waals surface area contributed by atoms with Crippen LogP contribution in [-0.4, -0.2) is 40.8 Å². The Hall–Kier alpha value is -2.47. The fourth-order valence-electron chi connectivity index (χ4n) is 4.28. The van der Waals surface area contributed by atoms with E-state index in [2.05, 4.69) is 20.2 Å². The summed E-state index contributed by atoms with van der Waals surface area (Å²) in [5.41, 5.74) is 3.68. The zero-order valence-electron chi connectivity index (χ0n) is 15.9. The second-order valence-corrected chi connectivity index (χ2v) is 7.30. The molecule has 0 aromatic carbocycles. The molecule has 0 radical (unpaired) electrons. The summed E-state index contributed by atoms with van der Waals surface area (Å²) >= 11 is 0. The average molecular weight is 380 g/mol. The number of aromatic nitrogens is 2. The van der Waals surface area contributed by atoms with Crippen molar-refractivity contribution < 1.29 is 9.13 Å². The number of alkyl halides is 1. The Labute approximate surface area is 164 Å². The standard InChI is InChI=1S/C22H25FN4O/c23-12-15-28-16-6-5-7-17-18(11-10-16)22(20-9-2-4-14-25-20)27-26-21(17)19-8-1-3-13-24-19/h1-4,8-9,13-14,16-18H,5-7,10-12,15H2/t16-,17+,18+/m1/s1. The maximum Gasteiger partial charge on any atom is 0.113 e. The maximum absolute atomic E-state index is 12.5. The van der Waals surface area contributed by atoms with Gasteiger partial charge in [0.05, 0.1) is 35.5 Å². The molecule has 3 heterocycles. The first-order chi connectivity index (χ1) is 13.9. The summed E-state index contributed by atoms with van der Waals surface area (Å²) in [6.07, 6.45) is 8.47. The molecule has 0 saturated heterocycles. The zero-order chi connectivity index (χ0) is 19.2. The summed E-state index contributed by atoms with van der Waals surface area (Å²) in [6, 6.07) is 11.8. The van der Waals surface area contributed by atoms with Crippen LogP contribution in [0.2, 0.25) is 0 Å². The number of hydrogen-bond acceptors (Lipinski definition) is 5. The van der Waals surface area contributed by atoms with Crippen LogP contribution in [0.4, 0.5) is 4.39 Å². The monoisotopic (exact) mass is 380 g/mol. The smallest absolute Gasteiger partial charge is 0.113 e. The van der Waals surface area contributed by atoms with Crippen molar-refractivity contribution in [3.05, 3.63) is 60.2 Å². The Balaban J connectivity index is 1.66. The van der Waals surface area contributed by atoms with Crippen LogP contribution >= 0.6 is 0 Å². The number of pyridine rings is 2. The Morgan fingerprint density at radius 1 is 0.821 bits per heavy atom. The van der Waals surface area contributed by atoms with Crippen LogP contribution in [0.3, 0.4) is 0 Å². The molecule has 2 aromatic rings. The molecule has 0 amide bonds. The fraction of sp³-hybridized carbons (Fsp3) is 0.455. The summed E-state index contributed by atoms with van der Waals surface area (Å²) in [4.78, 5) is 9.04. The van der Waals surface area contributed by atoms with Gasteiger partial charge in [-0.15, -0.1) is 0 Å². The minimum Gasteiger partial charge on any atom is -0.376 e. The Kier molecular flexibility index (Phi) is 6.17. The molecule has 28 heavy (non-hydrogen) atoms. The second-order valence-electron chi connectivity index (χ2n) is 7.30. The van der Waals surface area contributed by atoms with Crippen LogP contribution in [0.1, 0.15) is 43.5 Å². The van der Waals surface area contributed by atoms with Gasteiger partial charge in [-0.05, 0) is 49.9 Å². The Morgan fingerprint density at radius 3 is 2.04 bits per heavy atom. The maximum atomic E-state index is 12.5. The molecule has 5 nitrogen and oxygen atoms in total. The number of nitrogens with zero attached hydrogens (tertiary/aromatic N) is 4. The third-order valence-corrected chi connectivity index (χ3v) is 5.58. The molecule has 4 rings (SSSR count). The van der Waals surface area contributed by atoms with Gasteiger partial charge in [0.15, 0.2) is 0 Å². The largest absolute Gasteiger partial charge is 0.376 e. The van der Waals surface area contributed by atoms with Crippen molar-refractivity contribution in [2.45, 2.75) is 38.2 Å². The first kappa shape index (κ1) is 18.9. The van der Waals surface area contributed by atoms with Crippen LogP contribution < -0.4 is 0 Å². The van der Waals surface area contributed by atoms with Crippen LogP contribution in [0.15, 0.2) is 59.0 Å². The fourth-order valence-corrected chi connectivity index (χ4v) is 4.28. The summed E-state index contributed by atoms with van der Waals surface area (Å²) in [5.74, 6) is 0.465. The molecule has 2 aliphatic rings. The molecule has 0 spiro atoms. The lowest BCUT2D eigenvalue weighted by atomic mass is 9.74. The molecule has 6 heteroatoms. The van der Waals surface area contributed by atoms with Gasteiger partial charge in [0, 0.05) is 24.2 Å². The summed E-state index contributed by atoms with van der Waals surface area (Å²) in [6.45, 7) is -0.250. The second kappa shape index (κ2) is 9.15. The van der Waals surface area contributed by atoms with Crippen molar-refractivity contribution in [2.75, 3.05) is 13.3 Å². The van der Waals surface area contributed by atoms with E-state index in [0.717, 1.165) is 54.9 Å². The van der Waals surface area contributed by atoms with Gasteiger partial charge in [0.25, 0.3) is 0 Å². The van der Waals surface area contributed by atoms with Gasteiger partial charge in [0.1, 0.15) is 6.67 Å². The minimum absolute atomic E-state index is 0.110. The van der Waals surface area contributed by atoms with E-state index >= 15 is 0 Å². The van der Waals surface area contributed by atoms with E-state index < -0.39 is 6.67 Å². The highest BCUT2D eigenvalue weighted by molar-refractivity contribution is 6.10. The van der Waals surface area contributed by atoms with E-state index in [4.69, 9.17) is 4.74 Å². The third kappa shape index (κ3) is 4.17. The van der Waals surface area contributed by atoms with Crippen LogP contribution in [0.5, 0.6) is 0 Å². The predicted molar refractivity (Wildman–Crippen MR) is 107 cm³/mol. The average Bonchev–Trinajstić information content (AvgIpc) is 2.74. The third-order valence-electron chi connectivity index (χ3n) is 5.58. The van der Waals surface area contributed by atoms with Gasteiger partial charge in [-0.25, -0.2) is 4.39 Å². The van der Waals surface area contributed by atoms with Gasteiger partial charge in [-0.3, -0.25) is 9.97 Å². The molecule has 1 fully saturated rings. The van der Waals surface area contributed by atoms with E-state index in [1.807, 2.05) is 36.4 Å². The number of halogens is 1. The normalized spacial score (nSPS) is 25.1. The number of ether oxygens (including phenoxy) is 1. The molecule has 3 atom stereocenters. The van der Waals surface area contributed by atoms with E-state index in [9.17, 15) is 4.39 Å². The molecule has 1 saturated carbocycles. The van der Waals surface area contributed by atoms with Gasteiger partial charge in [-0.2, -0.15) is 10.2 Å². The minimum atomic E-state index is -0.431. The molecule has 0 unspecified atom stereocenters. The van der Waals surface area contributed by atoms with Crippen molar-refractivity contribution in [3.8, 4) is 0 Å². The van der Waals surface area contributed by atoms with Gasteiger partial charge < -0.3 is 4.74 Å². The predicted octanol–water partition coefficient (Wildman–Crippen LogP) is 4.23. The Bertz CT molecular complexity index is 825. The van der Waals surface area contributed by atoms with Crippen LogP contribution in [0, 0.1) is 11.8 Å². The number of fused-ring (bicyclic) bond motifs is 1. The SMILES string of the molecule is FCCO[C@@H]1CCC[C@@H]2C(c3ccccn3)=NN=C(c3ccccn3)[C@H]2CC1. The molecule has 1 aliphatic carbocycles. The van der Waals surface area contributed by atoms with Gasteiger partial charge >= 0.3 is 0 Å². The van der Waals surface area contributed by atoms with E-state index in [0.29, 0.717) is 0 Å². The van der Waals surface area contributed by atoms with Gasteiger partial charge in [-0.1, -0.05) is 18.6 Å². The lowest BCUT2D eigenvalue weighted by Gasteiger charge is -2.34. The lowest BCUT2D eigenvalue weighted by molar-refractivity contribution is 0.0245. The molecular formula is C22H25FN4O. The molecule has 2 aromatic heterocycles. The molecule has 0 bridgehead atoms. The number of rotatable bonds is 5. The van der Waals surface area contributed by atoms with E-state index in [1.165, 1.54) is 0 Å². The summed E-state index contributed by atoms with van der Waals surface area (Å²) in [5, 5.41) is 9.21. The van der Waals surface area contributed by atoms with Gasteiger partial charge in [0.2, 0.25) is 0 Å². The molecular weight excluding hydrogens is 355 g/mol. The molecule has 146 valence electrons. The Morgan fingerprint density at radius 2 is 1.46 bits per heavy atom. The van der Waals surface area contributed by atoms with Crippen molar-refractivity contribution in [1.82, 2.24) is 9.97 Å². The number of hydrogen-bond donors (Lipinski definition) is 0. The van der Waals surface area contributed by atoms with Crippen molar-refractivity contribution in [3.63, 3.8) is 0 Å². The first-order valence-electron chi connectivity index (χ1n) is 10.0. The first-order valence-corrected chi connectivity index (χ1v) is 10.0. The van der Waals surface area contributed by atoms with Crippen molar-refractivity contribution in [1.29, 1.82) is 0 Å². The zero-order valence-corrected chi connectivity index (χ0v) is 15.9. The van der Waals surface area contributed by atoms with Crippen molar-refractivity contribution in [2.24, 2.45) is 22.0 Å². The van der Waals surface area contributed by atoms with E-state index in [-0.39, 0.29) is 24.5 Å². The lowest BCUT2D eigenvalue weighted by Crippen LogP contribution is -2.37. The topological polar surface area (TPSA) is 59.7 Å². The highest BCUT2D eigenvalue weighted by Gasteiger charge is 2.37. The summed E-state index contributed by atoms with van der Waals surface area (Å²) < 4.78 is 18.3. The molecule has 0 N–H and O–H groups in total. The highest BCUT2D eigenvalue weighted by Crippen LogP contribution is 2.36. The molecule has 1 aliphatic heterocycles. The van der Waals surface area contributed by atoms with Crippen LogP contribution in [0.25, 0.3) is 0 Å². The quantitative estimate of drug-likeness (QED) is 0.780. The highest BCUT2D eigenvalue weighted by atomic mass is 19.1. The van der Waals surface area contributed by atoms with Crippen molar-refractivity contribution >= 4 is 11.4 Å². The summed E-state index contributed by atoms with van der Waals surface area (Å²) in [7, 11) is 0.